The van der Waals surface area contributed by atoms with Crippen LogP contribution >= 0.6 is 11.6 Å². The van der Waals surface area contributed by atoms with E-state index < -0.39 is 5.38 Å². The lowest BCUT2D eigenvalue weighted by Crippen LogP contribution is -2.60. The van der Waals surface area contributed by atoms with Crippen molar-refractivity contribution in [2.75, 3.05) is 0 Å². The number of rotatable bonds is 2. The fraction of sp³-hybridized carbons (Fsp3) is 0.923. The van der Waals surface area contributed by atoms with Gasteiger partial charge in [-0.2, -0.15) is 0 Å². The Morgan fingerprint density at radius 3 is 2.31 bits per heavy atom. The molecule has 2 fully saturated rings. The Morgan fingerprint density at radius 1 is 1.31 bits per heavy atom. The van der Waals surface area contributed by atoms with Gasteiger partial charge in [0.15, 0.2) is 0 Å². The molecule has 2 aliphatic rings. The van der Waals surface area contributed by atoms with E-state index in [1.165, 1.54) is 19.3 Å². The molecule has 4 atom stereocenters. The molecule has 0 aliphatic heterocycles. The average Bonchev–Trinajstić information content (AvgIpc) is 2.70. The van der Waals surface area contributed by atoms with E-state index in [0.29, 0.717) is 5.92 Å². The van der Waals surface area contributed by atoms with Gasteiger partial charge in [-0.25, -0.2) is 0 Å². The number of halogens is 1. The van der Waals surface area contributed by atoms with E-state index >= 15 is 0 Å². The third kappa shape index (κ3) is 1.49. The summed E-state index contributed by atoms with van der Waals surface area (Å²) in [5, 5.41) is 2.77. The first-order valence-electron chi connectivity index (χ1n) is 6.25. The summed E-state index contributed by atoms with van der Waals surface area (Å²) in [4.78, 5) is 11.8. The monoisotopic (exact) mass is 243 g/mol. The molecule has 16 heavy (non-hydrogen) atoms. The molecule has 2 aliphatic carbocycles. The van der Waals surface area contributed by atoms with Gasteiger partial charge in [0, 0.05) is 5.54 Å². The summed E-state index contributed by atoms with van der Waals surface area (Å²) in [6.45, 7) is 8.51. The largest absolute Gasteiger partial charge is 0.349 e. The lowest BCUT2D eigenvalue weighted by molar-refractivity contribution is -0.124. The first-order chi connectivity index (χ1) is 7.29. The molecule has 0 saturated heterocycles. The molecule has 0 heterocycles. The summed E-state index contributed by atoms with van der Waals surface area (Å²) >= 11 is 5.85. The number of nitrogens with one attached hydrogen (secondary N) is 1. The van der Waals surface area contributed by atoms with Crippen molar-refractivity contribution in [3.8, 4) is 0 Å². The number of hydrogen-bond donors (Lipinski definition) is 1. The molecule has 2 saturated carbocycles. The highest BCUT2D eigenvalue weighted by atomic mass is 35.5. The van der Waals surface area contributed by atoms with Crippen molar-refractivity contribution >= 4 is 17.5 Å². The third-order valence-electron chi connectivity index (χ3n) is 5.35. The fourth-order valence-corrected chi connectivity index (χ4v) is 3.78. The zero-order valence-corrected chi connectivity index (χ0v) is 11.4. The quantitative estimate of drug-likeness (QED) is 0.743. The topological polar surface area (TPSA) is 29.1 Å². The van der Waals surface area contributed by atoms with Crippen molar-refractivity contribution in [3.63, 3.8) is 0 Å². The number of alkyl halides is 1. The van der Waals surface area contributed by atoms with Crippen LogP contribution in [0.4, 0.5) is 0 Å². The van der Waals surface area contributed by atoms with Crippen molar-refractivity contribution in [2.45, 2.75) is 57.9 Å². The van der Waals surface area contributed by atoms with E-state index in [1.807, 2.05) is 0 Å². The molecule has 2 rings (SSSR count). The molecule has 2 bridgehead atoms. The Hall–Kier alpha value is -0.240. The maximum absolute atomic E-state index is 11.8. The van der Waals surface area contributed by atoms with Gasteiger partial charge in [0.2, 0.25) is 5.91 Å². The third-order valence-corrected chi connectivity index (χ3v) is 5.55. The molecule has 3 heteroatoms. The molecule has 0 spiro atoms. The second kappa shape index (κ2) is 3.63. The molecule has 4 unspecified atom stereocenters. The normalized spacial score (nSPS) is 42.1. The smallest absolute Gasteiger partial charge is 0.238 e. The van der Waals surface area contributed by atoms with Gasteiger partial charge in [-0.15, -0.1) is 11.6 Å². The standard InChI is InChI=1S/C13H22ClNO/c1-8(14)11(16)15-13(4)10-6-5-9(7-10)12(13,2)3/h8-10H,5-7H2,1-4H3,(H,15,16). The lowest BCUT2D eigenvalue weighted by Gasteiger charge is -2.48. The first-order valence-corrected chi connectivity index (χ1v) is 6.69. The predicted molar refractivity (Wildman–Crippen MR) is 66.5 cm³/mol. The van der Waals surface area contributed by atoms with Crippen LogP contribution in [-0.2, 0) is 4.79 Å². The molecule has 0 radical (unpaired) electrons. The van der Waals surface area contributed by atoms with Gasteiger partial charge in [-0.1, -0.05) is 13.8 Å². The fourth-order valence-electron chi connectivity index (χ4n) is 3.73. The molecular weight excluding hydrogens is 222 g/mol. The first kappa shape index (κ1) is 12.2. The van der Waals surface area contributed by atoms with Gasteiger partial charge < -0.3 is 5.32 Å². The minimum atomic E-state index is -0.438. The van der Waals surface area contributed by atoms with Gasteiger partial charge in [0.1, 0.15) is 5.38 Å². The van der Waals surface area contributed by atoms with Crippen molar-refractivity contribution in [1.82, 2.24) is 5.32 Å². The zero-order chi connectivity index (χ0) is 12.1. The van der Waals surface area contributed by atoms with Crippen LogP contribution in [0.2, 0.25) is 0 Å². The molecule has 0 aromatic carbocycles. The number of amides is 1. The molecular formula is C13H22ClNO. The second-order valence-electron chi connectivity index (χ2n) is 6.24. The number of carbonyl (C=O) groups excluding carboxylic acids is 1. The highest BCUT2D eigenvalue weighted by Crippen LogP contribution is 2.61. The summed E-state index contributed by atoms with van der Waals surface area (Å²) in [7, 11) is 0. The molecule has 1 N–H and O–H groups in total. The van der Waals surface area contributed by atoms with Crippen LogP contribution in [-0.4, -0.2) is 16.8 Å². The molecule has 92 valence electrons. The maximum atomic E-state index is 11.8. The number of carbonyl (C=O) groups is 1. The van der Waals surface area contributed by atoms with Crippen LogP contribution in [0.1, 0.15) is 47.0 Å². The number of hydrogen-bond acceptors (Lipinski definition) is 1. The summed E-state index contributed by atoms with van der Waals surface area (Å²) in [6.07, 6.45) is 3.83. The lowest BCUT2D eigenvalue weighted by atomic mass is 9.64. The predicted octanol–water partition coefficient (Wildman–Crippen LogP) is 2.94. The molecule has 2 nitrogen and oxygen atoms in total. The Labute approximate surface area is 103 Å². The molecule has 0 aromatic rings. The minimum Gasteiger partial charge on any atom is -0.349 e. The van der Waals surface area contributed by atoms with E-state index in [9.17, 15) is 4.79 Å². The summed E-state index contributed by atoms with van der Waals surface area (Å²) in [6, 6.07) is 0. The molecule has 0 aromatic heterocycles. The van der Waals surface area contributed by atoms with Crippen LogP contribution in [0.5, 0.6) is 0 Å². The van der Waals surface area contributed by atoms with Gasteiger partial charge in [0.05, 0.1) is 0 Å². The van der Waals surface area contributed by atoms with E-state index in [2.05, 4.69) is 26.1 Å². The highest BCUT2D eigenvalue weighted by molar-refractivity contribution is 6.30. The van der Waals surface area contributed by atoms with E-state index in [-0.39, 0.29) is 16.9 Å². The van der Waals surface area contributed by atoms with E-state index in [0.717, 1.165) is 5.92 Å². The molecule has 1 amide bonds. The van der Waals surface area contributed by atoms with Crippen LogP contribution in [0.15, 0.2) is 0 Å². The Bertz CT molecular complexity index is 313. The van der Waals surface area contributed by atoms with Crippen LogP contribution in [0, 0.1) is 17.3 Å². The van der Waals surface area contributed by atoms with Crippen molar-refractivity contribution in [3.05, 3.63) is 0 Å². The van der Waals surface area contributed by atoms with E-state index in [4.69, 9.17) is 11.6 Å². The Kier molecular flexibility index (Phi) is 2.77. The van der Waals surface area contributed by atoms with Crippen molar-refractivity contribution < 1.29 is 4.79 Å². The van der Waals surface area contributed by atoms with Gasteiger partial charge >= 0.3 is 0 Å². The Morgan fingerprint density at radius 2 is 1.88 bits per heavy atom. The van der Waals surface area contributed by atoms with Gasteiger partial charge in [0.25, 0.3) is 0 Å². The second-order valence-corrected chi connectivity index (χ2v) is 6.89. The summed E-state index contributed by atoms with van der Waals surface area (Å²) in [5.41, 5.74) is 0.119. The highest BCUT2D eigenvalue weighted by Gasteiger charge is 2.60. The number of fused-ring (bicyclic) bond motifs is 2. The van der Waals surface area contributed by atoms with Gasteiger partial charge in [-0.05, 0) is 50.4 Å². The average molecular weight is 244 g/mol. The van der Waals surface area contributed by atoms with Crippen LogP contribution < -0.4 is 5.32 Å². The van der Waals surface area contributed by atoms with Gasteiger partial charge in [-0.3, -0.25) is 4.79 Å². The maximum Gasteiger partial charge on any atom is 0.238 e. The van der Waals surface area contributed by atoms with E-state index in [1.54, 1.807) is 6.92 Å². The summed E-state index contributed by atoms with van der Waals surface area (Å²) < 4.78 is 0. The summed E-state index contributed by atoms with van der Waals surface area (Å²) in [5.74, 6) is 1.37. The minimum absolute atomic E-state index is 0.0233. The van der Waals surface area contributed by atoms with Crippen LogP contribution in [0.3, 0.4) is 0 Å². The van der Waals surface area contributed by atoms with Crippen LogP contribution in [0.25, 0.3) is 0 Å². The SMILES string of the molecule is CC(Cl)C(=O)NC1(C)C2CCC(C2)C1(C)C. The van der Waals surface area contributed by atoms with Crippen molar-refractivity contribution in [1.29, 1.82) is 0 Å². The van der Waals surface area contributed by atoms with Crippen molar-refractivity contribution in [2.24, 2.45) is 17.3 Å². The zero-order valence-electron chi connectivity index (χ0n) is 10.6. The Balaban J connectivity index is 2.21.